The van der Waals surface area contributed by atoms with Crippen LogP contribution in [0.1, 0.15) is 213 Å². The Morgan fingerprint density at radius 2 is 0.905 bits per heavy atom. The van der Waals surface area contributed by atoms with E-state index in [1.54, 1.807) is 0 Å². The Morgan fingerprint density at radius 3 is 1.33 bits per heavy atom. The number of carbonyl (C=O) groups excluding carboxylic acids is 1. The van der Waals surface area contributed by atoms with Crippen LogP contribution in [0.15, 0.2) is 12.2 Å². The van der Waals surface area contributed by atoms with Gasteiger partial charge < -0.3 is 9.84 Å². The Hall–Kier alpha value is -1.32. The van der Waals surface area contributed by atoms with E-state index in [9.17, 15) is 9.59 Å². The van der Waals surface area contributed by atoms with Crippen molar-refractivity contribution in [3.8, 4) is 0 Å². The number of hydrogen-bond donors (Lipinski definition) is 1. The van der Waals surface area contributed by atoms with Crippen LogP contribution in [-0.4, -0.2) is 23.1 Å². The number of hydrogen-bond acceptors (Lipinski definition) is 3. The van der Waals surface area contributed by atoms with Crippen LogP contribution in [0.2, 0.25) is 0 Å². The van der Waals surface area contributed by atoms with Gasteiger partial charge in [0, 0.05) is 12.8 Å². The third kappa shape index (κ3) is 33.2. The average Bonchev–Trinajstić information content (AvgIpc) is 2.98. The maximum Gasteiger partial charge on any atom is 0.306 e. The van der Waals surface area contributed by atoms with Crippen molar-refractivity contribution >= 4 is 11.9 Å². The first-order chi connectivity index (χ1) is 20.6. The molecule has 1 unspecified atom stereocenters. The van der Waals surface area contributed by atoms with Crippen LogP contribution >= 0.6 is 0 Å². The van der Waals surface area contributed by atoms with E-state index < -0.39 is 5.97 Å². The van der Waals surface area contributed by atoms with E-state index >= 15 is 0 Å². The van der Waals surface area contributed by atoms with Crippen LogP contribution in [0.4, 0.5) is 0 Å². The molecule has 0 saturated heterocycles. The van der Waals surface area contributed by atoms with Crippen LogP contribution in [0.5, 0.6) is 0 Å². The SMILES string of the molecule is CCCCCCCC/C=C\CCCCCCCCCC(=O)OC(CC)CCCCCCCCCCCCCCC(=O)O. The summed E-state index contributed by atoms with van der Waals surface area (Å²) in [6, 6.07) is 0. The lowest BCUT2D eigenvalue weighted by Crippen LogP contribution is -2.17. The summed E-state index contributed by atoms with van der Waals surface area (Å²) >= 11 is 0. The summed E-state index contributed by atoms with van der Waals surface area (Å²) in [5, 5.41) is 8.65. The Bertz CT molecular complexity index is 600. The number of rotatable bonds is 34. The van der Waals surface area contributed by atoms with Crippen LogP contribution < -0.4 is 0 Å². The van der Waals surface area contributed by atoms with Crippen LogP contribution in [0, 0.1) is 0 Å². The fourth-order valence-electron chi connectivity index (χ4n) is 5.70. The van der Waals surface area contributed by atoms with Gasteiger partial charge in [-0.05, 0) is 57.8 Å². The third-order valence-corrected chi connectivity index (χ3v) is 8.56. The second kappa shape index (κ2) is 34.2. The molecule has 0 aliphatic rings. The Balaban J connectivity index is 3.43. The van der Waals surface area contributed by atoms with E-state index in [1.807, 2.05) is 0 Å². The van der Waals surface area contributed by atoms with Crippen molar-refractivity contribution in [2.24, 2.45) is 0 Å². The maximum atomic E-state index is 12.3. The quantitative estimate of drug-likeness (QED) is 0.0458. The van der Waals surface area contributed by atoms with Crippen molar-refractivity contribution in [1.29, 1.82) is 0 Å². The first kappa shape index (κ1) is 40.7. The zero-order chi connectivity index (χ0) is 30.8. The Labute approximate surface area is 262 Å². The molecule has 0 saturated carbocycles. The van der Waals surface area contributed by atoms with Crippen molar-refractivity contribution in [2.45, 2.75) is 219 Å². The molecule has 0 aromatic heterocycles. The summed E-state index contributed by atoms with van der Waals surface area (Å²) in [5.74, 6) is -0.660. The molecular formula is C38H72O4. The van der Waals surface area contributed by atoms with Crippen molar-refractivity contribution < 1.29 is 19.4 Å². The van der Waals surface area contributed by atoms with Crippen LogP contribution in [0.25, 0.3) is 0 Å². The summed E-state index contributed by atoms with van der Waals surface area (Å²) in [6.45, 7) is 4.41. The number of allylic oxidation sites excluding steroid dienone is 2. The van der Waals surface area contributed by atoms with Crippen LogP contribution in [0.3, 0.4) is 0 Å². The first-order valence-corrected chi connectivity index (χ1v) is 18.7. The minimum Gasteiger partial charge on any atom is -0.481 e. The molecule has 4 nitrogen and oxygen atoms in total. The van der Waals surface area contributed by atoms with E-state index in [0.29, 0.717) is 12.8 Å². The second-order valence-corrected chi connectivity index (χ2v) is 12.7. The van der Waals surface area contributed by atoms with Gasteiger partial charge in [0.05, 0.1) is 0 Å². The molecule has 0 amide bonds. The lowest BCUT2D eigenvalue weighted by atomic mass is 10.0. The number of carbonyl (C=O) groups is 2. The van der Waals surface area contributed by atoms with Crippen molar-refractivity contribution in [3.63, 3.8) is 0 Å². The number of aliphatic carboxylic acids is 1. The standard InChI is InChI=1S/C38H72O4/c1-3-5-6-7-8-9-10-11-12-13-14-15-20-23-26-29-32-35-38(41)42-36(4-2)33-30-27-24-21-18-16-17-19-22-25-28-31-34-37(39)40/h11-12,36H,3-10,13-35H2,1-2H3,(H,39,40)/b12-11-. The highest BCUT2D eigenvalue weighted by molar-refractivity contribution is 5.69. The monoisotopic (exact) mass is 593 g/mol. The van der Waals surface area contributed by atoms with E-state index in [2.05, 4.69) is 26.0 Å². The zero-order valence-corrected chi connectivity index (χ0v) is 28.3. The molecule has 1 N–H and O–H groups in total. The van der Waals surface area contributed by atoms with Gasteiger partial charge in [0.25, 0.3) is 0 Å². The molecule has 248 valence electrons. The fraction of sp³-hybridized carbons (Fsp3) is 0.895. The molecule has 0 rings (SSSR count). The topological polar surface area (TPSA) is 63.6 Å². The van der Waals surface area contributed by atoms with Crippen molar-refractivity contribution in [1.82, 2.24) is 0 Å². The summed E-state index contributed by atoms with van der Waals surface area (Å²) in [5.41, 5.74) is 0. The van der Waals surface area contributed by atoms with Crippen molar-refractivity contribution in [2.75, 3.05) is 0 Å². The average molecular weight is 593 g/mol. The highest BCUT2D eigenvalue weighted by Crippen LogP contribution is 2.17. The number of carboxylic acid groups (broad SMARTS) is 1. The molecule has 0 spiro atoms. The fourth-order valence-corrected chi connectivity index (χ4v) is 5.70. The smallest absolute Gasteiger partial charge is 0.306 e. The van der Waals surface area contributed by atoms with Gasteiger partial charge in [-0.25, -0.2) is 0 Å². The minimum atomic E-state index is -0.671. The van der Waals surface area contributed by atoms with Crippen LogP contribution in [-0.2, 0) is 14.3 Å². The van der Waals surface area contributed by atoms with Gasteiger partial charge >= 0.3 is 11.9 Å². The largest absolute Gasteiger partial charge is 0.481 e. The van der Waals surface area contributed by atoms with Gasteiger partial charge in [0.2, 0.25) is 0 Å². The van der Waals surface area contributed by atoms with E-state index in [0.717, 1.165) is 44.9 Å². The lowest BCUT2D eigenvalue weighted by Gasteiger charge is -2.16. The van der Waals surface area contributed by atoms with Gasteiger partial charge in [0.15, 0.2) is 0 Å². The van der Waals surface area contributed by atoms with Gasteiger partial charge in [-0.15, -0.1) is 0 Å². The number of carboxylic acids is 1. The summed E-state index contributed by atoms with van der Waals surface area (Å²) < 4.78 is 5.77. The molecule has 0 fully saturated rings. The second-order valence-electron chi connectivity index (χ2n) is 12.7. The first-order valence-electron chi connectivity index (χ1n) is 18.7. The summed E-state index contributed by atoms with van der Waals surface area (Å²) in [6.07, 6.45) is 41.7. The molecular weight excluding hydrogens is 520 g/mol. The molecule has 0 bridgehead atoms. The molecule has 1 atom stereocenters. The zero-order valence-electron chi connectivity index (χ0n) is 28.3. The number of esters is 1. The van der Waals surface area contributed by atoms with Gasteiger partial charge in [-0.1, -0.05) is 154 Å². The molecule has 0 heterocycles. The lowest BCUT2D eigenvalue weighted by molar-refractivity contribution is -0.149. The minimum absolute atomic E-state index is 0.0106. The molecule has 42 heavy (non-hydrogen) atoms. The molecule has 0 aliphatic heterocycles. The molecule has 0 aromatic carbocycles. The van der Waals surface area contributed by atoms with Gasteiger partial charge in [-0.3, -0.25) is 9.59 Å². The predicted octanol–water partition coefficient (Wildman–Crippen LogP) is 12.7. The molecule has 0 aliphatic carbocycles. The number of unbranched alkanes of at least 4 members (excludes halogenated alkanes) is 24. The Morgan fingerprint density at radius 1 is 0.524 bits per heavy atom. The molecule has 4 heteroatoms. The number of ether oxygens (including phenoxy) is 1. The van der Waals surface area contributed by atoms with Gasteiger partial charge in [-0.2, -0.15) is 0 Å². The van der Waals surface area contributed by atoms with Gasteiger partial charge in [0.1, 0.15) is 6.10 Å². The molecule has 0 aromatic rings. The normalized spacial score (nSPS) is 12.2. The van der Waals surface area contributed by atoms with E-state index in [1.165, 1.54) is 141 Å². The Kier molecular flexibility index (Phi) is 33.1. The predicted molar refractivity (Wildman–Crippen MR) is 181 cm³/mol. The van der Waals surface area contributed by atoms with Crippen molar-refractivity contribution in [3.05, 3.63) is 12.2 Å². The maximum absolute atomic E-state index is 12.3. The third-order valence-electron chi connectivity index (χ3n) is 8.56. The molecule has 0 radical (unpaired) electrons. The summed E-state index contributed by atoms with van der Waals surface area (Å²) in [7, 11) is 0. The summed E-state index contributed by atoms with van der Waals surface area (Å²) in [4.78, 5) is 22.8. The van der Waals surface area contributed by atoms with E-state index in [4.69, 9.17) is 9.84 Å². The highest BCUT2D eigenvalue weighted by Gasteiger charge is 2.12. The highest BCUT2D eigenvalue weighted by atomic mass is 16.5. The van der Waals surface area contributed by atoms with E-state index in [-0.39, 0.29) is 12.1 Å².